The highest BCUT2D eigenvalue weighted by molar-refractivity contribution is 9.11. The number of hydrogen-bond acceptors (Lipinski definition) is 3. The van der Waals surface area contributed by atoms with Gasteiger partial charge in [-0.15, -0.1) is 0 Å². The number of rotatable bonds is 3. The molecule has 0 atom stereocenters. The van der Waals surface area contributed by atoms with E-state index in [1.807, 2.05) is 6.07 Å². The zero-order valence-electron chi connectivity index (χ0n) is 13.0. The van der Waals surface area contributed by atoms with Gasteiger partial charge in [-0.1, -0.05) is 34.8 Å². The molecule has 10 heteroatoms. The summed E-state index contributed by atoms with van der Waals surface area (Å²) in [5.74, 6) is 0.447. The Labute approximate surface area is 180 Å². The summed E-state index contributed by atoms with van der Waals surface area (Å²) < 4.78 is 2.78. The molecule has 0 fully saturated rings. The van der Waals surface area contributed by atoms with Crippen LogP contribution in [-0.4, -0.2) is 21.0 Å². The second-order valence-electron chi connectivity index (χ2n) is 5.23. The summed E-state index contributed by atoms with van der Waals surface area (Å²) in [6.07, 6.45) is 3.07. The van der Waals surface area contributed by atoms with Gasteiger partial charge in [0.1, 0.15) is 5.69 Å². The molecule has 2 heterocycles. The molecule has 0 saturated heterocycles. The van der Waals surface area contributed by atoms with E-state index in [1.54, 1.807) is 13.1 Å². The third-order valence-electron chi connectivity index (χ3n) is 3.43. The van der Waals surface area contributed by atoms with Gasteiger partial charge < -0.3 is 0 Å². The molecule has 0 aliphatic carbocycles. The quantitative estimate of drug-likeness (QED) is 0.409. The van der Waals surface area contributed by atoms with Crippen LogP contribution >= 0.6 is 66.7 Å². The van der Waals surface area contributed by atoms with Gasteiger partial charge in [-0.3, -0.25) is 9.89 Å². The predicted molar refractivity (Wildman–Crippen MR) is 113 cm³/mol. The molecule has 1 aromatic carbocycles. The van der Waals surface area contributed by atoms with Gasteiger partial charge in [0, 0.05) is 27.6 Å². The number of aliphatic imine (C=N–C) groups is 1. The van der Waals surface area contributed by atoms with Crippen molar-refractivity contribution < 1.29 is 0 Å². The van der Waals surface area contributed by atoms with Gasteiger partial charge in [0.25, 0.3) is 5.56 Å². The summed E-state index contributed by atoms with van der Waals surface area (Å²) in [5.41, 5.74) is 0.955. The van der Waals surface area contributed by atoms with Crippen molar-refractivity contribution in [2.24, 2.45) is 4.99 Å². The van der Waals surface area contributed by atoms with Crippen molar-refractivity contribution in [2.75, 3.05) is 0 Å². The smallest absolute Gasteiger partial charge is 0.280 e. The van der Waals surface area contributed by atoms with Gasteiger partial charge in [0.05, 0.1) is 20.1 Å². The number of nitrogens with zero attached hydrogens (tertiary/aromatic N) is 3. The monoisotopic (exact) mass is 536 g/mol. The molecule has 26 heavy (non-hydrogen) atoms. The van der Waals surface area contributed by atoms with Gasteiger partial charge >= 0.3 is 0 Å². The molecule has 0 aliphatic rings. The number of pyridine rings is 1. The lowest BCUT2D eigenvalue weighted by molar-refractivity contribution is 0.835. The molecule has 5 nitrogen and oxygen atoms in total. The third-order valence-corrected chi connectivity index (χ3v) is 5.24. The summed E-state index contributed by atoms with van der Waals surface area (Å²) in [6.45, 7) is 1.75. The molecule has 0 unspecified atom stereocenters. The van der Waals surface area contributed by atoms with Crippen molar-refractivity contribution >= 4 is 78.7 Å². The van der Waals surface area contributed by atoms with E-state index in [0.29, 0.717) is 32.3 Å². The maximum absolute atomic E-state index is 12.8. The largest absolute Gasteiger partial charge is 0.295 e. The summed E-state index contributed by atoms with van der Waals surface area (Å²) in [5, 5.41) is 3.85. The maximum atomic E-state index is 12.8. The summed E-state index contributed by atoms with van der Waals surface area (Å²) >= 11 is 25.1. The fourth-order valence-corrected chi connectivity index (χ4v) is 4.32. The van der Waals surface area contributed by atoms with Gasteiger partial charge in [-0.25, -0.2) is 14.7 Å². The van der Waals surface area contributed by atoms with Crippen molar-refractivity contribution in [3.8, 4) is 5.69 Å². The van der Waals surface area contributed by atoms with Crippen LogP contribution in [0.1, 0.15) is 11.3 Å². The Bertz CT molecular complexity index is 1070. The molecule has 0 saturated carbocycles. The van der Waals surface area contributed by atoms with Crippen LogP contribution < -0.4 is 5.56 Å². The summed E-state index contributed by atoms with van der Waals surface area (Å²) in [7, 11) is 0. The van der Waals surface area contributed by atoms with E-state index in [-0.39, 0.29) is 15.6 Å². The molecule has 0 radical (unpaired) electrons. The van der Waals surface area contributed by atoms with E-state index in [2.05, 4.69) is 46.9 Å². The highest BCUT2D eigenvalue weighted by atomic mass is 79.9. The van der Waals surface area contributed by atoms with Crippen LogP contribution in [0.5, 0.6) is 0 Å². The van der Waals surface area contributed by atoms with Crippen LogP contribution in [0, 0.1) is 6.92 Å². The first kappa shape index (κ1) is 19.6. The zero-order chi connectivity index (χ0) is 19.0. The Morgan fingerprint density at radius 3 is 2.46 bits per heavy atom. The normalized spacial score (nSPS) is 11.5. The van der Waals surface area contributed by atoms with Crippen molar-refractivity contribution in [3.05, 3.63) is 70.0 Å². The molecular formula is C16H9Br2Cl3N4O. The maximum Gasteiger partial charge on any atom is 0.280 e. The minimum Gasteiger partial charge on any atom is -0.295 e. The second kappa shape index (κ2) is 7.86. The van der Waals surface area contributed by atoms with Crippen LogP contribution in [0.4, 0.5) is 5.82 Å². The van der Waals surface area contributed by atoms with E-state index in [1.165, 1.54) is 23.0 Å². The Morgan fingerprint density at radius 1 is 1.19 bits per heavy atom. The average molecular weight is 539 g/mol. The first-order chi connectivity index (χ1) is 12.3. The number of aromatic amines is 1. The highest BCUT2D eigenvalue weighted by Gasteiger charge is 2.17. The number of aryl methyl sites for hydroxylation is 1. The number of hydrogen-bond donors (Lipinski definition) is 1. The van der Waals surface area contributed by atoms with Crippen molar-refractivity contribution in [2.45, 2.75) is 6.92 Å². The standard InChI is InChI=1S/C16H9Br2Cl3N4O/c1-7-10(6-23-15-11(18)2-8(17)5-22-15)16(26)25(24-7)14-12(20)3-9(19)4-13(14)21/h2-6,24H,1H3/b23-6+. The third kappa shape index (κ3) is 3.92. The summed E-state index contributed by atoms with van der Waals surface area (Å²) in [6, 6.07) is 4.85. The second-order valence-corrected chi connectivity index (χ2v) is 8.25. The van der Waals surface area contributed by atoms with Gasteiger partial charge in [0.15, 0.2) is 5.82 Å². The zero-order valence-corrected chi connectivity index (χ0v) is 18.5. The van der Waals surface area contributed by atoms with E-state index < -0.39 is 0 Å². The first-order valence-electron chi connectivity index (χ1n) is 7.09. The van der Waals surface area contributed by atoms with Gasteiger partial charge in [-0.2, -0.15) is 0 Å². The van der Waals surface area contributed by atoms with Crippen LogP contribution in [0.15, 0.2) is 43.1 Å². The number of benzene rings is 1. The lowest BCUT2D eigenvalue weighted by atomic mass is 10.3. The number of H-pyrrole nitrogens is 1. The average Bonchev–Trinajstić information content (AvgIpc) is 2.80. The number of aromatic nitrogens is 3. The van der Waals surface area contributed by atoms with Crippen LogP contribution in [0.3, 0.4) is 0 Å². The van der Waals surface area contributed by atoms with Gasteiger partial charge in [0.2, 0.25) is 0 Å². The molecule has 134 valence electrons. The number of halogens is 5. The first-order valence-corrected chi connectivity index (χ1v) is 9.81. The van der Waals surface area contributed by atoms with Crippen molar-refractivity contribution in [1.29, 1.82) is 0 Å². The van der Waals surface area contributed by atoms with E-state index >= 15 is 0 Å². The van der Waals surface area contributed by atoms with E-state index in [4.69, 9.17) is 34.8 Å². The Morgan fingerprint density at radius 2 is 1.85 bits per heavy atom. The molecule has 3 aromatic rings. The molecular weight excluding hydrogens is 530 g/mol. The van der Waals surface area contributed by atoms with Crippen molar-refractivity contribution in [1.82, 2.24) is 14.8 Å². The number of nitrogens with one attached hydrogen (secondary N) is 1. The minimum atomic E-state index is -0.342. The van der Waals surface area contributed by atoms with Crippen LogP contribution in [-0.2, 0) is 0 Å². The van der Waals surface area contributed by atoms with E-state index in [9.17, 15) is 4.79 Å². The predicted octanol–water partition coefficient (Wildman–Crippen LogP) is 6.10. The summed E-state index contributed by atoms with van der Waals surface area (Å²) in [4.78, 5) is 21.3. The molecule has 3 rings (SSSR count). The van der Waals surface area contributed by atoms with Crippen LogP contribution in [0.25, 0.3) is 5.69 Å². The SMILES string of the molecule is Cc1[nH]n(-c2c(Cl)cc(Cl)cc2Cl)c(=O)c1/C=N/c1ncc(Br)cc1Br. The van der Waals surface area contributed by atoms with Crippen LogP contribution in [0.2, 0.25) is 15.1 Å². The molecule has 1 N–H and O–H groups in total. The Hall–Kier alpha value is -1.12. The van der Waals surface area contributed by atoms with E-state index in [0.717, 1.165) is 4.47 Å². The van der Waals surface area contributed by atoms with Crippen molar-refractivity contribution in [3.63, 3.8) is 0 Å². The molecule has 0 bridgehead atoms. The van der Waals surface area contributed by atoms with Gasteiger partial charge in [-0.05, 0) is 57.0 Å². The molecule has 0 spiro atoms. The fourth-order valence-electron chi connectivity index (χ4n) is 2.25. The Kier molecular flexibility index (Phi) is 5.94. The minimum absolute atomic E-state index is 0.256. The Balaban J connectivity index is 2.07. The molecule has 0 aliphatic heterocycles. The lowest BCUT2D eigenvalue weighted by Gasteiger charge is -2.07. The lowest BCUT2D eigenvalue weighted by Crippen LogP contribution is -2.18. The fraction of sp³-hybridized carbons (Fsp3) is 0.0625. The topological polar surface area (TPSA) is 63.0 Å². The molecule has 2 aromatic heterocycles. The highest BCUT2D eigenvalue weighted by Crippen LogP contribution is 2.31. The molecule has 0 amide bonds.